The van der Waals surface area contributed by atoms with Crippen molar-refractivity contribution >= 4 is 11.7 Å². The number of rotatable bonds is 3. The highest BCUT2D eigenvalue weighted by Gasteiger charge is 2.28. The minimum Gasteiger partial charge on any atom is -0.488 e. The van der Waals surface area contributed by atoms with Crippen LogP contribution in [0.4, 0.5) is 14.9 Å². The maximum Gasteiger partial charge on any atom is 0.322 e. The number of aliphatic hydroxyl groups excluding tert-OH is 1. The quantitative estimate of drug-likeness (QED) is 0.889. The van der Waals surface area contributed by atoms with Crippen molar-refractivity contribution in [3.8, 4) is 5.75 Å². The van der Waals surface area contributed by atoms with Crippen LogP contribution in [-0.2, 0) is 0 Å². The average Bonchev–Trinajstić information content (AvgIpc) is 3.05. The lowest BCUT2D eigenvalue weighted by Gasteiger charge is -2.34. The molecule has 1 saturated carbocycles. The number of carbonyl (C=O) groups excluding carboxylic acids is 1. The number of benzene rings is 1. The number of aliphatic hydroxyl groups is 1. The first-order valence-electron chi connectivity index (χ1n) is 8.73. The van der Waals surface area contributed by atoms with Gasteiger partial charge in [-0.1, -0.05) is 6.92 Å². The molecule has 132 valence electrons. The first-order valence-corrected chi connectivity index (χ1v) is 8.73. The highest BCUT2D eigenvalue weighted by molar-refractivity contribution is 5.91. The second-order valence-corrected chi connectivity index (χ2v) is 6.87. The predicted octanol–water partition coefficient (Wildman–Crippen LogP) is 3.38. The van der Waals surface area contributed by atoms with Crippen LogP contribution in [0.5, 0.6) is 5.75 Å². The summed E-state index contributed by atoms with van der Waals surface area (Å²) in [5.41, 5.74) is 0.474. The Morgan fingerprint density at radius 3 is 2.79 bits per heavy atom. The van der Waals surface area contributed by atoms with Gasteiger partial charge in [0.25, 0.3) is 0 Å². The molecule has 2 fully saturated rings. The van der Waals surface area contributed by atoms with Crippen LogP contribution in [0.1, 0.15) is 39.0 Å². The lowest BCUT2D eigenvalue weighted by atomic mass is 9.96. The lowest BCUT2D eigenvalue weighted by molar-refractivity contribution is 0.0463. The van der Waals surface area contributed by atoms with E-state index < -0.39 is 6.10 Å². The Kier molecular flexibility index (Phi) is 5.23. The second kappa shape index (κ2) is 7.38. The van der Waals surface area contributed by atoms with E-state index in [9.17, 15) is 14.3 Å². The van der Waals surface area contributed by atoms with Crippen LogP contribution in [0.2, 0.25) is 0 Å². The van der Waals surface area contributed by atoms with Gasteiger partial charge in [0.15, 0.2) is 0 Å². The molecule has 3 rings (SSSR count). The third-order valence-electron chi connectivity index (χ3n) is 4.99. The van der Waals surface area contributed by atoms with Gasteiger partial charge in [-0.3, -0.25) is 0 Å². The molecule has 1 aliphatic carbocycles. The van der Waals surface area contributed by atoms with Crippen molar-refractivity contribution in [3.63, 3.8) is 0 Å². The van der Waals surface area contributed by atoms with Gasteiger partial charge in [-0.15, -0.1) is 0 Å². The molecule has 24 heavy (non-hydrogen) atoms. The van der Waals surface area contributed by atoms with E-state index >= 15 is 0 Å². The number of anilines is 1. The number of piperidine rings is 1. The summed E-state index contributed by atoms with van der Waals surface area (Å²) < 4.78 is 19.5. The molecule has 2 N–H and O–H groups in total. The Morgan fingerprint density at radius 2 is 2.08 bits per heavy atom. The average molecular weight is 336 g/mol. The Morgan fingerprint density at radius 1 is 1.33 bits per heavy atom. The van der Waals surface area contributed by atoms with Gasteiger partial charge in [-0.25, -0.2) is 9.18 Å². The number of hydrogen-bond acceptors (Lipinski definition) is 3. The Balaban J connectivity index is 1.68. The zero-order valence-electron chi connectivity index (χ0n) is 14.0. The largest absolute Gasteiger partial charge is 0.488 e. The van der Waals surface area contributed by atoms with Gasteiger partial charge in [0.2, 0.25) is 0 Å². The maximum absolute atomic E-state index is 13.6. The van der Waals surface area contributed by atoms with Gasteiger partial charge in [-0.05, 0) is 50.2 Å². The minimum atomic E-state index is -0.507. The fourth-order valence-electron chi connectivity index (χ4n) is 3.31. The fraction of sp³-hybridized carbons (Fsp3) is 0.611. The lowest BCUT2D eigenvalue weighted by Crippen LogP contribution is -2.47. The molecule has 1 heterocycles. The molecule has 1 aromatic rings. The number of nitrogens with one attached hydrogen (secondary N) is 1. The van der Waals surface area contributed by atoms with E-state index in [0.717, 1.165) is 32.1 Å². The van der Waals surface area contributed by atoms with E-state index in [2.05, 4.69) is 5.32 Å². The van der Waals surface area contributed by atoms with E-state index in [1.54, 1.807) is 4.90 Å². The molecular formula is C18H25FN2O3. The van der Waals surface area contributed by atoms with E-state index in [4.69, 9.17) is 4.74 Å². The molecule has 2 aliphatic rings. The predicted molar refractivity (Wildman–Crippen MR) is 89.7 cm³/mol. The zero-order chi connectivity index (χ0) is 17.1. The summed E-state index contributed by atoms with van der Waals surface area (Å²) in [5, 5.41) is 12.7. The van der Waals surface area contributed by atoms with E-state index in [1.165, 1.54) is 18.2 Å². The van der Waals surface area contributed by atoms with E-state index in [0.29, 0.717) is 24.5 Å². The van der Waals surface area contributed by atoms with Crippen LogP contribution in [0.25, 0.3) is 0 Å². The van der Waals surface area contributed by atoms with Crippen molar-refractivity contribution in [1.82, 2.24) is 4.90 Å². The Labute approximate surface area is 141 Å². The monoisotopic (exact) mass is 336 g/mol. The molecule has 6 heteroatoms. The number of amides is 2. The Hall–Kier alpha value is -1.82. The van der Waals surface area contributed by atoms with E-state index in [-0.39, 0.29) is 23.9 Å². The third-order valence-corrected chi connectivity index (χ3v) is 4.99. The molecule has 1 saturated heterocycles. The molecule has 0 radical (unpaired) electrons. The van der Waals surface area contributed by atoms with Crippen molar-refractivity contribution in [2.75, 3.05) is 18.4 Å². The minimum absolute atomic E-state index is 0.0834. The number of likely N-dealkylation sites (tertiary alicyclic amines) is 1. The summed E-state index contributed by atoms with van der Waals surface area (Å²) in [4.78, 5) is 14.0. The number of carbonyl (C=O) groups is 1. The molecule has 2 unspecified atom stereocenters. The van der Waals surface area contributed by atoms with Crippen LogP contribution < -0.4 is 10.1 Å². The molecular weight excluding hydrogens is 311 g/mol. The van der Waals surface area contributed by atoms with Gasteiger partial charge < -0.3 is 20.1 Å². The molecule has 2 atom stereocenters. The maximum atomic E-state index is 13.6. The summed E-state index contributed by atoms with van der Waals surface area (Å²) in [6.07, 6.45) is 4.49. The van der Waals surface area contributed by atoms with Crippen LogP contribution in [0, 0.1) is 11.7 Å². The van der Waals surface area contributed by atoms with Gasteiger partial charge in [-0.2, -0.15) is 0 Å². The highest BCUT2D eigenvalue weighted by Crippen LogP contribution is 2.31. The normalized spacial score (nSPS) is 24.9. The van der Waals surface area contributed by atoms with Crippen LogP contribution in [0.3, 0.4) is 0 Å². The smallest absolute Gasteiger partial charge is 0.322 e. The molecule has 0 bridgehead atoms. The molecule has 1 aromatic carbocycles. The summed E-state index contributed by atoms with van der Waals surface area (Å²) in [5.74, 6) is 0.186. The second-order valence-electron chi connectivity index (χ2n) is 6.87. The summed E-state index contributed by atoms with van der Waals surface area (Å²) in [6, 6.07) is 3.87. The number of nitrogens with zero attached hydrogens (tertiary/aromatic N) is 1. The van der Waals surface area contributed by atoms with Gasteiger partial charge in [0.1, 0.15) is 11.6 Å². The van der Waals surface area contributed by atoms with Gasteiger partial charge in [0.05, 0.1) is 17.9 Å². The molecule has 1 aliphatic heterocycles. The third kappa shape index (κ3) is 3.98. The highest BCUT2D eigenvalue weighted by atomic mass is 19.1. The van der Waals surface area contributed by atoms with Crippen molar-refractivity contribution in [2.45, 2.75) is 51.2 Å². The number of urea groups is 1. The number of halogens is 1. The molecule has 5 nitrogen and oxygen atoms in total. The topological polar surface area (TPSA) is 61.8 Å². The Bertz CT molecular complexity index is 590. The van der Waals surface area contributed by atoms with Crippen molar-refractivity contribution < 1.29 is 19.0 Å². The van der Waals surface area contributed by atoms with Crippen molar-refractivity contribution in [3.05, 3.63) is 24.0 Å². The fourth-order valence-corrected chi connectivity index (χ4v) is 3.31. The van der Waals surface area contributed by atoms with Gasteiger partial charge in [0, 0.05) is 19.2 Å². The molecule has 2 amide bonds. The SMILES string of the molecule is CC1CCN(C(=O)Nc2ccc(F)cc2OC2CCCC2)CC1O. The van der Waals surface area contributed by atoms with Crippen LogP contribution >= 0.6 is 0 Å². The number of hydrogen-bond donors (Lipinski definition) is 2. The summed E-state index contributed by atoms with van der Waals surface area (Å²) in [7, 11) is 0. The molecule has 0 spiro atoms. The van der Waals surface area contributed by atoms with Gasteiger partial charge >= 0.3 is 6.03 Å². The van der Waals surface area contributed by atoms with E-state index in [1.807, 2.05) is 6.92 Å². The first kappa shape index (κ1) is 17.0. The summed E-state index contributed by atoms with van der Waals surface area (Å²) >= 11 is 0. The van der Waals surface area contributed by atoms with Crippen LogP contribution in [0.15, 0.2) is 18.2 Å². The first-order chi connectivity index (χ1) is 11.5. The molecule has 0 aromatic heterocycles. The van der Waals surface area contributed by atoms with Crippen molar-refractivity contribution in [1.29, 1.82) is 0 Å². The standard InChI is InChI=1S/C18H25FN2O3/c1-12-8-9-21(11-16(12)22)18(23)20-15-7-6-13(19)10-17(15)24-14-4-2-3-5-14/h6-7,10,12,14,16,22H,2-5,8-9,11H2,1H3,(H,20,23). The summed E-state index contributed by atoms with van der Waals surface area (Å²) in [6.45, 7) is 2.89. The van der Waals surface area contributed by atoms with Crippen LogP contribution in [-0.4, -0.2) is 41.3 Å². The number of β-amino-alcohol motifs (C(OH)–C–C–N with tert-alkyl or cyclic N) is 1. The zero-order valence-corrected chi connectivity index (χ0v) is 14.0. The number of ether oxygens (including phenoxy) is 1. The van der Waals surface area contributed by atoms with Crippen molar-refractivity contribution in [2.24, 2.45) is 5.92 Å².